The van der Waals surface area contributed by atoms with E-state index in [1.165, 1.54) is 13.2 Å². The maximum atomic E-state index is 11.8. The third-order valence-corrected chi connectivity index (χ3v) is 5.17. The zero-order valence-electron chi connectivity index (χ0n) is 17.3. The highest BCUT2D eigenvalue weighted by Crippen LogP contribution is 2.38. The molecule has 2 N–H and O–H groups in total. The summed E-state index contributed by atoms with van der Waals surface area (Å²) in [6, 6.07) is 18.3. The van der Waals surface area contributed by atoms with Gasteiger partial charge in [-0.1, -0.05) is 24.3 Å². The molecule has 8 nitrogen and oxygen atoms in total. The highest BCUT2D eigenvalue weighted by molar-refractivity contribution is 5.97. The molecule has 0 aliphatic heterocycles. The van der Waals surface area contributed by atoms with Crippen LogP contribution in [-0.2, 0) is 0 Å². The number of imidazole rings is 1. The van der Waals surface area contributed by atoms with E-state index in [1.807, 2.05) is 6.92 Å². The summed E-state index contributed by atoms with van der Waals surface area (Å²) in [5.41, 5.74) is 2.83. The lowest BCUT2D eigenvalue weighted by Crippen LogP contribution is -2.04. The van der Waals surface area contributed by atoms with Crippen molar-refractivity contribution in [2.45, 2.75) is 6.92 Å². The van der Waals surface area contributed by atoms with Crippen molar-refractivity contribution in [3.63, 3.8) is 0 Å². The summed E-state index contributed by atoms with van der Waals surface area (Å²) in [7, 11) is 1.39. The lowest BCUT2D eigenvalue weighted by Gasteiger charge is -2.14. The van der Waals surface area contributed by atoms with E-state index < -0.39 is 5.91 Å². The van der Waals surface area contributed by atoms with Crippen LogP contribution < -0.4 is 4.74 Å². The van der Waals surface area contributed by atoms with E-state index >= 15 is 0 Å². The number of carbonyl (C=O) groups excluding carboxylic acids is 1. The Hall–Kier alpha value is -4.46. The van der Waals surface area contributed by atoms with Crippen molar-refractivity contribution in [3.05, 3.63) is 82.9 Å². The lowest BCUT2D eigenvalue weighted by molar-refractivity contribution is 0.0998. The van der Waals surface area contributed by atoms with Crippen LogP contribution in [0.15, 0.2) is 71.9 Å². The molecule has 1 heterocycles. The average Bonchev–Trinajstić information content (AvgIpc) is 3.15. The number of rotatable bonds is 5. The van der Waals surface area contributed by atoms with Crippen molar-refractivity contribution in [1.29, 1.82) is 0 Å². The van der Waals surface area contributed by atoms with Gasteiger partial charge in [-0.3, -0.25) is 9.36 Å². The summed E-state index contributed by atoms with van der Waals surface area (Å²) >= 11 is 0. The SMILES string of the molecule is COc1cc(-n2c(-c3ccccc3O)nc(-c3ccccc3O)c2C)ccc1C(=O)N=O. The van der Waals surface area contributed by atoms with E-state index in [0.717, 1.165) is 0 Å². The second-order valence-corrected chi connectivity index (χ2v) is 7.02. The smallest absolute Gasteiger partial charge is 0.320 e. The molecule has 4 rings (SSSR count). The molecule has 0 unspecified atom stereocenters. The Bertz CT molecular complexity index is 1340. The molecule has 0 saturated heterocycles. The number of nitrogens with zero attached hydrogens (tertiary/aromatic N) is 3. The highest BCUT2D eigenvalue weighted by Gasteiger charge is 2.23. The van der Waals surface area contributed by atoms with E-state index in [4.69, 9.17) is 9.72 Å². The number of nitroso groups, excluding NO2 is 1. The fourth-order valence-electron chi connectivity index (χ4n) is 3.63. The third-order valence-electron chi connectivity index (χ3n) is 5.17. The van der Waals surface area contributed by atoms with Crippen LogP contribution in [0, 0.1) is 11.8 Å². The van der Waals surface area contributed by atoms with Gasteiger partial charge in [0, 0.05) is 22.5 Å². The van der Waals surface area contributed by atoms with Gasteiger partial charge in [-0.25, -0.2) is 4.98 Å². The van der Waals surface area contributed by atoms with E-state index in [2.05, 4.69) is 5.18 Å². The lowest BCUT2D eigenvalue weighted by atomic mass is 10.1. The molecule has 0 bridgehead atoms. The summed E-state index contributed by atoms with van der Waals surface area (Å²) in [6.45, 7) is 1.83. The molecule has 3 aromatic carbocycles. The van der Waals surface area contributed by atoms with Gasteiger partial charge in [0.1, 0.15) is 23.1 Å². The molecule has 0 saturated carbocycles. The topological polar surface area (TPSA) is 114 Å². The molecule has 0 aliphatic carbocycles. The number of carbonyl (C=O) groups is 1. The molecular formula is C24H19N3O5. The molecule has 1 amide bonds. The third kappa shape index (κ3) is 3.47. The van der Waals surface area contributed by atoms with Crippen LogP contribution >= 0.6 is 0 Å². The van der Waals surface area contributed by atoms with E-state index in [1.54, 1.807) is 65.2 Å². The van der Waals surface area contributed by atoms with Gasteiger partial charge in [0.05, 0.1) is 29.6 Å². The second kappa shape index (κ2) is 8.35. The number of benzene rings is 3. The highest BCUT2D eigenvalue weighted by atomic mass is 16.5. The summed E-state index contributed by atoms with van der Waals surface area (Å²) in [5.74, 6) is -0.237. The number of methoxy groups -OCH3 is 1. The van der Waals surface area contributed by atoms with Crippen molar-refractivity contribution in [1.82, 2.24) is 9.55 Å². The molecule has 8 heteroatoms. The second-order valence-electron chi connectivity index (χ2n) is 7.02. The molecule has 160 valence electrons. The molecule has 32 heavy (non-hydrogen) atoms. The van der Waals surface area contributed by atoms with Gasteiger partial charge in [0.25, 0.3) is 0 Å². The fourth-order valence-corrected chi connectivity index (χ4v) is 3.63. The monoisotopic (exact) mass is 429 g/mol. The minimum Gasteiger partial charge on any atom is -0.507 e. The van der Waals surface area contributed by atoms with Crippen molar-refractivity contribution < 1.29 is 19.7 Å². The Morgan fingerprint density at radius 2 is 1.59 bits per heavy atom. The predicted octanol–water partition coefficient (Wildman–Crippen LogP) is 4.84. The average molecular weight is 429 g/mol. The minimum absolute atomic E-state index is 0.0338. The first kappa shape index (κ1) is 20.8. The van der Waals surface area contributed by atoms with Crippen molar-refractivity contribution >= 4 is 5.91 Å². The first-order valence-corrected chi connectivity index (χ1v) is 9.68. The molecule has 0 fully saturated rings. The normalized spacial score (nSPS) is 10.7. The zero-order valence-corrected chi connectivity index (χ0v) is 17.3. The van der Waals surface area contributed by atoms with E-state index in [-0.39, 0.29) is 22.8 Å². The number of aromatic hydroxyl groups is 2. The van der Waals surface area contributed by atoms with Gasteiger partial charge < -0.3 is 14.9 Å². The maximum Gasteiger partial charge on any atom is 0.320 e. The van der Waals surface area contributed by atoms with Gasteiger partial charge in [-0.2, -0.15) is 0 Å². The van der Waals surface area contributed by atoms with Gasteiger partial charge in [0.15, 0.2) is 0 Å². The molecule has 0 atom stereocenters. The number of phenolic OH excluding ortho intramolecular Hbond substituents is 2. The quantitative estimate of drug-likeness (QED) is 0.439. The van der Waals surface area contributed by atoms with Gasteiger partial charge in [0.2, 0.25) is 0 Å². The van der Waals surface area contributed by atoms with E-state index in [9.17, 15) is 19.9 Å². The summed E-state index contributed by atoms with van der Waals surface area (Å²) in [6.07, 6.45) is 0. The number of aromatic nitrogens is 2. The van der Waals surface area contributed by atoms with Crippen molar-refractivity contribution in [2.24, 2.45) is 5.18 Å². The first-order valence-electron chi connectivity index (χ1n) is 9.68. The standard InChI is InChI=1S/C24H19N3O5/c1-14-22(16-7-3-5-9-19(16)28)25-23(17-8-4-6-10-20(17)29)27(14)15-11-12-18(24(30)26-31)21(13-15)32-2/h3-13,28-29H,1-2H3. The van der Waals surface area contributed by atoms with Crippen LogP contribution in [0.5, 0.6) is 17.2 Å². The largest absolute Gasteiger partial charge is 0.507 e. The number of hydrogen-bond donors (Lipinski definition) is 2. The molecule has 0 radical (unpaired) electrons. The zero-order chi connectivity index (χ0) is 22.8. The van der Waals surface area contributed by atoms with Crippen LogP contribution in [-0.4, -0.2) is 32.8 Å². The number of phenols is 2. The van der Waals surface area contributed by atoms with Crippen molar-refractivity contribution in [3.8, 4) is 45.6 Å². The van der Waals surface area contributed by atoms with Gasteiger partial charge in [-0.15, -0.1) is 4.91 Å². The summed E-state index contributed by atoms with van der Waals surface area (Å²) in [5, 5.41) is 23.4. The molecule has 4 aromatic rings. The van der Waals surface area contributed by atoms with E-state index in [0.29, 0.717) is 34.0 Å². The predicted molar refractivity (Wildman–Crippen MR) is 119 cm³/mol. The number of hydrogen-bond acceptors (Lipinski definition) is 6. The van der Waals surface area contributed by atoms with Gasteiger partial charge >= 0.3 is 5.91 Å². The molecule has 0 spiro atoms. The Morgan fingerprint density at radius 3 is 2.19 bits per heavy atom. The summed E-state index contributed by atoms with van der Waals surface area (Å²) in [4.78, 5) is 27.3. The summed E-state index contributed by atoms with van der Waals surface area (Å²) < 4.78 is 7.09. The number of amides is 1. The maximum absolute atomic E-state index is 11.8. The molecular weight excluding hydrogens is 410 g/mol. The number of ether oxygens (including phenoxy) is 1. The van der Waals surface area contributed by atoms with Crippen molar-refractivity contribution in [2.75, 3.05) is 7.11 Å². The Labute approximate surface area is 183 Å². The molecule has 1 aromatic heterocycles. The fraction of sp³-hybridized carbons (Fsp3) is 0.0833. The first-order chi connectivity index (χ1) is 15.5. The minimum atomic E-state index is -0.938. The van der Waals surface area contributed by atoms with Crippen LogP contribution in [0.3, 0.4) is 0 Å². The van der Waals surface area contributed by atoms with Crippen LogP contribution in [0.2, 0.25) is 0 Å². The Kier molecular flexibility index (Phi) is 5.43. The van der Waals surface area contributed by atoms with Crippen LogP contribution in [0.4, 0.5) is 0 Å². The van der Waals surface area contributed by atoms with Crippen LogP contribution in [0.25, 0.3) is 28.3 Å². The Morgan fingerprint density at radius 1 is 0.969 bits per heavy atom. The molecule has 0 aliphatic rings. The Balaban J connectivity index is 2.01. The number of para-hydroxylation sites is 2. The van der Waals surface area contributed by atoms with Crippen LogP contribution in [0.1, 0.15) is 16.1 Å². The van der Waals surface area contributed by atoms with Gasteiger partial charge in [-0.05, 0) is 43.3 Å².